The number of hydrogen-bond donors (Lipinski definition) is 3. The Morgan fingerprint density at radius 1 is 1.20 bits per heavy atom. The number of carbonyl (C=O) groups is 1. The molecule has 35 heavy (non-hydrogen) atoms. The van der Waals surface area contributed by atoms with E-state index in [1.54, 1.807) is 22.5 Å². The Morgan fingerprint density at radius 2 is 1.91 bits per heavy atom. The van der Waals surface area contributed by atoms with Crippen molar-refractivity contribution in [2.75, 3.05) is 32.0 Å². The van der Waals surface area contributed by atoms with Crippen molar-refractivity contribution in [3.8, 4) is 11.1 Å². The second-order valence-electron chi connectivity index (χ2n) is 9.35. The average molecular weight is 539 g/mol. The average Bonchev–Trinajstić information content (AvgIpc) is 3.34. The molecule has 10 heteroatoms. The van der Waals surface area contributed by atoms with Gasteiger partial charge in [-0.05, 0) is 47.8 Å². The van der Waals surface area contributed by atoms with Gasteiger partial charge in [0.1, 0.15) is 5.82 Å². The van der Waals surface area contributed by atoms with Gasteiger partial charge < -0.3 is 20.8 Å². The van der Waals surface area contributed by atoms with Gasteiger partial charge in [0.25, 0.3) is 0 Å². The number of benzene rings is 1. The fourth-order valence-electron chi connectivity index (χ4n) is 4.63. The fraction of sp³-hybridized carbons (Fsp3) is 0.360. The molecule has 1 saturated heterocycles. The van der Waals surface area contributed by atoms with Crippen molar-refractivity contribution in [1.82, 2.24) is 24.5 Å². The number of anilines is 1. The first-order chi connectivity index (χ1) is 16.9. The number of nitrogens with zero attached hydrogens (tertiary/aromatic N) is 5. The van der Waals surface area contributed by atoms with Crippen LogP contribution in [0.1, 0.15) is 31.4 Å². The van der Waals surface area contributed by atoms with Crippen LogP contribution in [0.5, 0.6) is 0 Å². The summed E-state index contributed by atoms with van der Waals surface area (Å²) in [5, 5.41) is 24.7. The number of rotatable bonds is 5. The van der Waals surface area contributed by atoms with Crippen LogP contribution in [0.2, 0.25) is 0 Å². The predicted octanol–water partition coefficient (Wildman–Crippen LogP) is 2.99. The topological polar surface area (TPSA) is 130 Å². The Bertz CT molecular complexity index is 1410. The fourth-order valence-corrected chi connectivity index (χ4v) is 5.21. The molecular weight excluding hydrogens is 512 g/mol. The van der Waals surface area contributed by atoms with Gasteiger partial charge in [-0.1, -0.05) is 18.2 Å². The van der Waals surface area contributed by atoms with Gasteiger partial charge in [0.2, 0.25) is 5.91 Å². The highest BCUT2D eigenvalue weighted by Crippen LogP contribution is 2.37. The van der Waals surface area contributed by atoms with Gasteiger partial charge in [0, 0.05) is 41.7 Å². The number of aliphatic hydroxyl groups excluding tert-OH is 2. The highest BCUT2D eigenvalue weighted by molar-refractivity contribution is 9.10. The summed E-state index contributed by atoms with van der Waals surface area (Å²) in [5.41, 5.74) is 9.45. The molecule has 1 aromatic carbocycles. The van der Waals surface area contributed by atoms with E-state index in [9.17, 15) is 15.0 Å². The number of nitrogen functional groups attached to an aromatic ring is 1. The number of amides is 1. The number of pyridine rings is 1. The van der Waals surface area contributed by atoms with E-state index < -0.39 is 18.6 Å². The Morgan fingerprint density at radius 3 is 2.63 bits per heavy atom. The van der Waals surface area contributed by atoms with Gasteiger partial charge >= 0.3 is 0 Å². The number of piperidine rings is 1. The molecule has 4 heterocycles. The van der Waals surface area contributed by atoms with Crippen molar-refractivity contribution >= 4 is 44.2 Å². The van der Waals surface area contributed by atoms with E-state index in [1.165, 1.54) is 0 Å². The standard InChI is InChI=1S/C25H27BrN6O3/c1-25(13-33,14-34)24(35)31-8-6-15(7-9-31)21-20(26)22(27)32-23(30-21)18(12-29-32)17-10-16-4-2-3-5-19(16)28-11-17/h2-5,10-12,15,33-34H,6-9,13-14,27H2,1H3. The lowest BCUT2D eigenvalue weighted by molar-refractivity contribution is -0.147. The monoisotopic (exact) mass is 538 g/mol. The number of carbonyl (C=O) groups excluding carboxylic acids is 1. The van der Waals surface area contributed by atoms with Crippen LogP contribution in [0.4, 0.5) is 5.82 Å². The molecule has 9 nitrogen and oxygen atoms in total. The third-order valence-electron chi connectivity index (χ3n) is 6.93. The van der Waals surface area contributed by atoms with Crippen LogP contribution in [-0.4, -0.2) is 66.9 Å². The maximum Gasteiger partial charge on any atom is 0.233 e. The summed E-state index contributed by atoms with van der Waals surface area (Å²) in [6.45, 7) is 1.82. The van der Waals surface area contributed by atoms with Crippen molar-refractivity contribution < 1.29 is 15.0 Å². The Hall–Kier alpha value is -3.08. The summed E-state index contributed by atoms with van der Waals surface area (Å²) in [6, 6.07) is 10.0. The summed E-state index contributed by atoms with van der Waals surface area (Å²) in [7, 11) is 0. The van der Waals surface area contributed by atoms with Gasteiger partial charge in [-0.15, -0.1) is 0 Å². The van der Waals surface area contributed by atoms with Crippen molar-refractivity contribution in [2.24, 2.45) is 5.41 Å². The van der Waals surface area contributed by atoms with E-state index in [0.717, 1.165) is 27.7 Å². The number of para-hydroxylation sites is 1. The van der Waals surface area contributed by atoms with Gasteiger partial charge in [0.15, 0.2) is 5.65 Å². The molecular formula is C25H27BrN6O3. The summed E-state index contributed by atoms with van der Waals surface area (Å²) in [6.07, 6.45) is 4.97. The molecule has 4 N–H and O–H groups in total. The molecule has 0 spiro atoms. The predicted molar refractivity (Wildman–Crippen MR) is 137 cm³/mol. The quantitative estimate of drug-likeness (QED) is 0.356. The van der Waals surface area contributed by atoms with E-state index >= 15 is 0 Å². The smallest absolute Gasteiger partial charge is 0.233 e. The van der Waals surface area contributed by atoms with Crippen LogP contribution in [0.3, 0.4) is 0 Å². The minimum absolute atomic E-state index is 0.0905. The molecule has 182 valence electrons. The number of hydrogen-bond acceptors (Lipinski definition) is 7. The molecule has 1 aliphatic rings. The molecule has 0 bridgehead atoms. The lowest BCUT2D eigenvalue weighted by atomic mass is 9.88. The zero-order chi connectivity index (χ0) is 24.7. The van der Waals surface area contributed by atoms with Crippen LogP contribution in [-0.2, 0) is 4.79 Å². The molecule has 1 fully saturated rings. The van der Waals surface area contributed by atoms with E-state index in [2.05, 4.69) is 32.1 Å². The molecule has 5 rings (SSSR count). The summed E-state index contributed by atoms with van der Waals surface area (Å²) in [4.78, 5) is 24.1. The van der Waals surface area contributed by atoms with Gasteiger partial charge in [-0.25, -0.2) is 4.98 Å². The highest BCUT2D eigenvalue weighted by atomic mass is 79.9. The Kier molecular flexibility index (Phi) is 6.20. The normalized spacial score (nSPS) is 15.3. The second kappa shape index (κ2) is 9.18. The Balaban J connectivity index is 1.47. The largest absolute Gasteiger partial charge is 0.395 e. The van der Waals surface area contributed by atoms with E-state index in [0.29, 0.717) is 41.9 Å². The molecule has 0 atom stereocenters. The number of likely N-dealkylation sites (tertiary alicyclic amines) is 1. The Labute approximate surface area is 210 Å². The van der Waals surface area contributed by atoms with E-state index in [4.69, 9.17) is 10.7 Å². The first-order valence-corrected chi connectivity index (χ1v) is 12.3. The number of fused-ring (bicyclic) bond motifs is 2. The first-order valence-electron chi connectivity index (χ1n) is 11.5. The molecule has 0 aliphatic carbocycles. The van der Waals surface area contributed by atoms with Crippen molar-refractivity contribution in [1.29, 1.82) is 0 Å². The number of aromatic nitrogens is 4. The summed E-state index contributed by atoms with van der Waals surface area (Å²) in [5.74, 6) is 0.328. The maximum absolute atomic E-state index is 12.8. The first kappa shape index (κ1) is 23.7. The third-order valence-corrected chi connectivity index (χ3v) is 7.75. The van der Waals surface area contributed by atoms with Crippen LogP contribution in [0.25, 0.3) is 27.7 Å². The summed E-state index contributed by atoms with van der Waals surface area (Å²) >= 11 is 3.63. The lowest BCUT2D eigenvalue weighted by Gasteiger charge is -2.37. The van der Waals surface area contributed by atoms with E-state index in [1.807, 2.05) is 30.5 Å². The van der Waals surface area contributed by atoms with Crippen molar-refractivity contribution in [2.45, 2.75) is 25.7 Å². The minimum atomic E-state index is -1.17. The molecule has 1 amide bonds. The van der Waals surface area contributed by atoms with Gasteiger partial charge in [0.05, 0.1) is 40.5 Å². The van der Waals surface area contributed by atoms with E-state index in [-0.39, 0.29) is 11.8 Å². The molecule has 0 saturated carbocycles. The van der Waals surface area contributed by atoms with Crippen molar-refractivity contribution in [3.63, 3.8) is 0 Å². The molecule has 0 radical (unpaired) electrons. The highest BCUT2D eigenvalue weighted by Gasteiger charge is 2.38. The minimum Gasteiger partial charge on any atom is -0.395 e. The van der Waals surface area contributed by atoms with Crippen LogP contribution in [0.15, 0.2) is 47.2 Å². The van der Waals surface area contributed by atoms with Crippen molar-refractivity contribution in [3.05, 3.63) is 52.9 Å². The zero-order valence-electron chi connectivity index (χ0n) is 19.4. The van der Waals surface area contributed by atoms with Crippen LogP contribution >= 0.6 is 15.9 Å². The molecule has 0 unspecified atom stereocenters. The maximum atomic E-state index is 12.8. The number of halogens is 1. The zero-order valence-corrected chi connectivity index (χ0v) is 20.9. The van der Waals surface area contributed by atoms with Gasteiger partial charge in [-0.2, -0.15) is 9.61 Å². The second-order valence-corrected chi connectivity index (χ2v) is 10.1. The number of nitrogens with two attached hydrogens (primary N) is 1. The summed E-state index contributed by atoms with van der Waals surface area (Å²) < 4.78 is 2.33. The van der Waals surface area contributed by atoms with Crippen LogP contribution < -0.4 is 5.73 Å². The SMILES string of the molecule is CC(CO)(CO)C(=O)N1CCC(c2nc3c(-c4cnc5ccccc5c4)cnn3c(N)c2Br)CC1. The van der Waals surface area contributed by atoms with Crippen LogP contribution in [0, 0.1) is 5.41 Å². The number of aliphatic hydroxyl groups is 2. The van der Waals surface area contributed by atoms with Gasteiger partial charge in [-0.3, -0.25) is 9.78 Å². The molecule has 3 aromatic heterocycles. The molecule has 1 aliphatic heterocycles. The third kappa shape index (κ3) is 4.05. The lowest BCUT2D eigenvalue weighted by Crippen LogP contribution is -2.49. The molecule has 4 aromatic rings.